The van der Waals surface area contributed by atoms with Crippen molar-refractivity contribution in [1.82, 2.24) is 0 Å². The van der Waals surface area contributed by atoms with E-state index in [1.54, 1.807) is 18.2 Å². The van der Waals surface area contributed by atoms with Crippen LogP contribution in [0.1, 0.15) is 5.56 Å². The molecule has 0 spiro atoms. The second-order valence-electron chi connectivity index (χ2n) is 3.07. The zero-order valence-corrected chi connectivity index (χ0v) is 9.20. The van der Waals surface area contributed by atoms with Crippen LogP contribution in [0, 0.1) is 0 Å². The Labute approximate surface area is 98.9 Å². The molecule has 0 bridgehead atoms. The summed E-state index contributed by atoms with van der Waals surface area (Å²) in [6.45, 7) is 1.08. The second-order valence-corrected chi connectivity index (χ2v) is 3.07. The van der Waals surface area contributed by atoms with Crippen molar-refractivity contribution in [3.05, 3.63) is 29.8 Å². The third-order valence-corrected chi connectivity index (χ3v) is 1.98. The van der Waals surface area contributed by atoms with Crippen LogP contribution in [-0.2, 0) is 4.79 Å². The molecule has 1 aromatic carbocycles. The summed E-state index contributed by atoms with van der Waals surface area (Å²) in [5.74, 6) is 0.396. The van der Waals surface area contributed by atoms with Crippen LogP contribution in [0.2, 0.25) is 0 Å². The molecule has 0 fully saturated rings. The first-order chi connectivity index (χ1) is 7.25. The third kappa shape index (κ3) is 2.90. The molecule has 1 aliphatic heterocycles. The van der Waals surface area contributed by atoms with Gasteiger partial charge in [-0.25, -0.2) is 4.79 Å². The zero-order valence-electron chi connectivity index (χ0n) is 8.38. The highest BCUT2D eigenvalue weighted by Gasteiger charge is 2.10. The Kier molecular flexibility index (Phi) is 4.19. The fraction of sp³-hybridized carbons (Fsp3) is 0.182. The first-order valence-corrected chi connectivity index (χ1v) is 4.56. The molecule has 1 aliphatic rings. The molecule has 2 rings (SSSR count). The van der Waals surface area contributed by atoms with Crippen molar-refractivity contribution in [2.45, 2.75) is 0 Å². The minimum Gasteiger partial charge on any atom is -0.486 e. The fourth-order valence-corrected chi connectivity index (χ4v) is 1.33. The maximum atomic E-state index is 10.3. The SMILES string of the molecule is Cl.O=C(O)/C=C/c1ccc2c(c1)OCCO2. The van der Waals surface area contributed by atoms with Crippen LogP contribution >= 0.6 is 12.4 Å². The quantitative estimate of drug-likeness (QED) is 0.806. The largest absolute Gasteiger partial charge is 0.486 e. The summed E-state index contributed by atoms with van der Waals surface area (Å²) in [6, 6.07) is 5.32. The molecule has 1 heterocycles. The topological polar surface area (TPSA) is 55.8 Å². The van der Waals surface area contributed by atoms with E-state index < -0.39 is 5.97 Å². The van der Waals surface area contributed by atoms with Gasteiger partial charge in [0.2, 0.25) is 0 Å². The van der Waals surface area contributed by atoms with Crippen molar-refractivity contribution in [2.24, 2.45) is 0 Å². The lowest BCUT2D eigenvalue weighted by Crippen LogP contribution is -2.15. The van der Waals surface area contributed by atoms with Crippen LogP contribution in [0.4, 0.5) is 0 Å². The van der Waals surface area contributed by atoms with E-state index in [1.165, 1.54) is 6.08 Å². The maximum absolute atomic E-state index is 10.3. The molecule has 0 atom stereocenters. The van der Waals surface area contributed by atoms with Gasteiger partial charge in [-0.1, -0.05) is 6.07 Å². The molecule has 0 aromatic heterocycles. The number of hydrogen-bond acceptors (Lipinski definition) is 3. The van der Waals surface area contributed by atoms with Crippen molar-refractivity contribution in [2.75, 3.05) is 13.2 Å². The molecule has 0 aliphatic carbocycles. The normalized spacial score (nSPS) is 13.2. The van der Waals surface area contributed by atoms with Gasteiger partial charge >= 0.3 is 5.97 Å². The van der Waals surface area contributed by atoms with Crippen LogP contribution in [0.3, 0.4) is 0 Å². The summed E-state index contributed by atoms with van der Waals surface area (Å²) < 4.78 is 10.7. The molecular formula is C11H11ClO4. The molecule has 0 saturated carbocycles. The number of carboxylic acid groups (broad SMARTS) is 1. The van der Waals surface area contributed by atoms with Crippen LogP contribution < -0.4 is 9.47 Å². The van der Waals surface area contributed by atoms with Crippen LogP contribution in [-0.4, -0.2) is 24.3 Å². The lowest BCUT2D eigenvalue weighted by Gasteiger charge is -2.18. The van der Waals surface area contributed by atoms with Gasteiger partial charge in [0.15, 0.2) is 11.5 Å². The summed E-state index contributed by atoms with van der Waals surface area (Å²) in [6.07, 6.45) is 2.60. The van der Waals surface area contributed by atoms with Crippen molar-refractivity contribution in [3.63, 3.8) is 0 Å². The lowest BCUT2D eigenvalue weighted by atomic mass is 10.2. The Morgan fingerprint density at radius 3 is 2.62 bits per heavy atom. The summed E-state index contributed by atoms with van der Waals surface area (Å²) in [7, 11) is 0. The summed E-state index contributed by atoms with van der Waals surface area (Å²) >= 11 is 0. The number of fused-ring (bicyclic) bond motifs is 1. The maximum Gasteiger partial charge on any atom is 0.328 e. The highest BCUT2D eigenvalue weighted by atomic mass is 35.5. The molecule has 0 saturated heterocycles. The predicted octanol–water partition coefficient (Wildman–Crippen LogP) is 1.98. The van der Waals surface area contributed by atoms with Gasteiger partial charge in [0, 0.05) is 6.08 Å². The molecule has 0 unspecified atom stereocenters. The number of rotatable bonds is 2. The Hall–Kier alpha value is -1.68. The summed E-state index contributed by atoms with van der Waals surface area (Å²) in [5, 5.41) is 8.47. The Bertz CT molecular complexity index is 414. The first kappa shape index (κ1) is 12.4. The van der Waals surface area contributed by atoms with E-state index in [1.807, 2.05) is 0 Å². The van der Waals surface area contributed by atoms with Crippen LogP contribution in [0.25, 0.3) is 6.08 Å². The second kappa shape index (κ2) is 5.42. The highest BCUT2D eigenvalue weighted by molar-refractivity contribution is 5.85. The molecule has 0 amide bonds. The Morgan fingerprint density at radius 1 is 1.25 bits per heavy atom. The smallest absolute Gasteiger partial charge is 0.328 e. The van der Waals surface area contributed by atoms with E-state index in [2.05, 4.69) is 0 Å². The van der Waals surface area contributed by atoms with Crippen LogP contribution in [0.15, 0.2) is 24.3 Å². The molecule has 1 N–H and O–H groups in total. The van der Waals surface area contributed by atoms with Gasteiger partial charge in [-0.2, -0.15) is 0 Å². The van der Waals surface area contributed by atoms with E-state index in [0.717, 1.165) is 11.6 Å². The number of carboxylic acids is 1. The van der Waals surface area contributed by atoms with Crippen LogP contribution in [0.5, 0.6) is 11.5 Å². The van der Waals surface area contributed by atoms with Gasteiger partial charge in [-0.3, -0.25) is 0 Å². The van der Waals surface area contributed by atoms with E-state index in [-0.39, 0.29) is 12.4 Å². The Morgan fingerprint density at radius 2 is 1.94 bits per heavy atom. The van der Waals surface area contributed by atoms with E-state index in [4.69, 9.17) is 14.6 Å². The molecule has 0 radical (unpaired) electrons. The minimum atomic E-state index is -0.968. The van der Waals surface area contributed by atoms with Gasteiger partial charge in [-0.15, -0.1) is 12.4 Å². The van der Waals surface area contributed by atoms with Gasteiger partial charge < -0.3 is 14.6 Å². The van der Waals surface area contributed by atoms with Crippen molar-refractivity contribution in [1.29, 1.82) is 0 Å². The minimum absolute atomic E-state index is 0. The average molecular weight is 243 g/mol. The highest BCUT2D eigenvalue weighted by Crippen LogP contribution is 2.30. The van der Waals surface area contributed by atoms with Gasteiger partial charge in [0.25, 0.3) is 0 Å². The number of carbonyl (C=O) groups is 1. The van der Waals surface area contributed by atoms with Crippen molar-refractivity contribution < 1.29 is 19.4 Å². The summed E-state index contributed by atoms with van der Waals surface area (Å²) in [4.78, 5) is 10.3. The fourth-order valence-electron chi connectivity index (χ4n) is 1.33. The van der Waals surface area contributed by atoms with E-state index >= 15 is 0 Å². The molecule has 5 heteroatoms. The molecule has 4 nitrogen and oxygen atoms in total. The number of ether oxygens (including phenoxy) is 2. The van der Waals surface area contributed by atoms with E-state index in [0.29, 0.717) is 24.7 Å². The third-order valence-electron chi connectivity index (χ3n) is 1.98. The van der Waals surface area contributed by atoms with Gasteiger partial charge in [0.1, 0.15) is 13.2 Å². The number of hydrogen-bond donors (Lipinski definition) is 1. The number of benzene rings is 1. The molecule has 86 valence electrons. The van der Waals surface area contributed by atoms with Gasteiger partial charge in [0.05, 0.1) is 0 Å². The summed E-state index contributed by atoms with van der Waals surface area (Å²) in [5.41, 5.74) is 0.779. The average Bonchev–Trinajstić information content (AvgIpc) is 2.26. The standard InChI is InChI=1S/C11H10O4.ClH/c12-11(13)4-2-8-1-3-9-10(7-8)15-6-5-14-9;/h1-4,7H,5-6H2,(H,12,13);1H/b4-2+;. The first-order valence-electron chi connectivity index (χ1n) is 4.56. The molecular weight excluding hydrogens is 232 g/mol. The number of halogens is 1. The van der Waals surface area contributed by atoms with Crippen molar-refractivity contribution >= 4 is 24.5 Å². The predicted molar refractivity (Wildman–Crippen MR) is 61.3 cm³/mol. The molecule has 1 aromatic rings. The molecule has 16 heavy (non-hydrogen) atoms. The lowest BCUT2D eigenvalue weighted by molar-refractivity contribution is -0.131. The van der Waals surface area contributed by atoms with Gasteiger partial charge in [-0.05, 0) is 23.8 Å². The van der Waals surface area contributed by atoms with E-state index in [9.17, 15) is 4.79 Å². The monoisotopic (exact) mass is 242 g/mol. The number of aliphatic carboxylic acids is 1. The Balaban J connectivity index is 0.00000128. The zero-order chi connectivity index (χ0) is 10.7. The van der Waals surface area contributed by atoms with Crippen molar-refractivity contribution in [3.8, 4) is 11.5 Å².